The number of hydrogen-bond acceptors (Lipinski definition) is 3. The van der Waals surface area contributed by atoms with E-state index in [0.29, 0.717) is 18.0 Å². The molecule has 5 heteroatoms. The molecule has 3 aliphatic rings. The number of fused-ring (bicyclic) bond motifs is 1. The van der Waals surface area contributed by atoms with E-state index < -0.39 is 0 Å². The minimum absolute atomic E-state index is 0.0224. The van der Waals surface area contributed by atoms with Crippen LogP contribution in [0.5, 0.6) is 0 Å². The molecule has 0 radical (unpaired) electrons. The topological polar surface area (TPSA) is 49.9 Å². The number of ether oxygens (including phenoxy) is 1. The van der Waals surface area contributed by atoms with Crippen molar-refractivity contribution < 1.29 is 14.3 Å². The van der Waals surface area contributed by atoms with Gasteiger partial charge < -0.3 is 14.5 Å². The Labute approximate surface area is 174 Å². The molecule has 0 spiro atoms. The van der Waals surface area contributed by atoms with Gasteiger partial charge in [0.2, 0.25) is 5.91 Å². The third kappa shape index (κ3) is 4.35. The maximum atomic E-state index is 13.6. The summed E-state index contributed by atoms with van der Waals surface area (Å²) in [4.78, 5) is 30.9. The molecule has 29 heavy (non-hydrogen) atoms. The van der Waals surface area contributed by atoms with E-state index in [1.807, 2.05) is 40.1 Å². The summed E-state index contributed by atoms with van der Waals surface area (Å²) in [6.07, 6.45) is 8.47. The average Bonchev–Trinajstić information content (AvgIpc) is 3.17. The fraction of sp³-hybridized carbons (Fsp3) is 0.667. The molecule has 2 heterocycles. The summed E-state index contributed by atoms with van der Waals surface area (Å²) in [5.41, 5.74) is 0.694. The van der Waals surface area contributed by atoms with E-state index in [1.165, 1.54) is 6.42 Å². The van der Waals surface area contributed by atoms with Gasteiger partial charge in [-0.25, -0.2) is 0 Å². The third-order valence-corrected chi connectivity index (χ3v) is 6.88. The molecule has 1 aromatic carbocycles. The quantitative estimate of drug-likeness (QED) is 0.756. The van der Waals surface area contributed by atoms with Crippen LogP contribution in [-0.2, 0) is 9.53 Å². The summed E-state index contributed by atoms with van der Waals surface area (Å²) in [7, 11) is 0. The first-order chi connectivity index (χ1) is 14.2. The van der Waals surface area contributed by atoms with Gasteiger partial charge >= 0.3 is 0 Å². The zero-order valence-corrected chi connectivity index (χ0v) is 17.6. The molecule has 0 bridgehead atoms. The molecule has 3 fully saturated rings. The lowest BCUT2D eigenvalue weighted by Crippen LogP contribution is -2.53. The van der Waals surface area contributed by atoms with Gasteiger partial charge in [-0.1, -0.05) is 38.0 Å². The number of rotatable bonds is 5. The lowest BCUT2D eigenvalue weighted by Gasteiger charge is -2.38. The Morgan fingerprint density at radius 2 is 1.86 bits per heavy atom. The highest BCUT2D eigenvalue weighted by Crippen LogP contribution is 2.41. The number of carbonyl (C=O) groups is 2. The number of benzene rings is 1. The van der Waals surface area contributed by atoms with Crippen molar-refractivity contribution in [3.63, 3.8) is 0 Å². The highest BCUT2D eigenvalue weighted by molar-refractivity contribution is 5.98. The van der Waals surface area contributed by atoms with Gasteiger partial charge in [0, 0.05) is 31.3 Å². The van der Waals surface area contributed by atoms with Crippen molar-refractivity contribution in [2.24, 2.45) is 5.92 Å². The van der Waals surface area contributed by atoms with Gasteiger partial charge in [0.05, 0.1) is 6.10 Å². The van der Waals surface area contributed by atoms with Crippen molar-refractivity contribution in [1.82, 2.24) is 9.80 Å². The van der Waals surface area contributed by atoms with Crippen molar-refractivity contribution in [1.29, 1.82) is 0 Å². The van der Waals surface area contributed by atoms with Crippen LogP contribution in [0.15, 0.2) is 30.3 Å². The summed E-state index contributed by atoms with van der Waals surface area (Å²) >= 11 is 0. The van der Waals surface area contributed by atoms with Crippen molar-refractivity contribution in [3.05, 3.63) is 35.9 Å². The molecule has 4 unspecified atom stereocenters. The van der Waals surface area contributed by atoms with Crippen molar-refractivity contribution >= 4 is 11.8 Å². The van der Waals surface area contributed by atoms with Gasteiger partial charge in [-0.05, 0) is 56.6 Å². The van der Waals surface area contributed by atoms with Gasteiger partial charge in [-0.15, -0.1) is 0 Å². The maximum Gasteiger partial charge on any atom is 0.254 e. The minimum Gasteiger partial charge on any atom is -0.376 e. The summed E-state index contributed by atoms with van der Waals surface area (Å²) in [6, 6.07) is 9.36. The first-order valence-corrected chi connectivity index (χ1v) is 11.5. The molecule has 2 aliphatic heterocycles. The van der Waals surface area contributed by atoms with Crippen LogP contribution >= 0.6 is 0 Å². The fourth-order valence-electron chi connectivity index (χ4n) is 5.47. The Kier molecular flexibility index (Phi) is 6.53. The summed E-state index contributed by atoms with van der Waals surface area (Å²) in [6.45, 7) is 4.31. The molecule has 158 valence electrons. The van der Waals surface area contributed by atoms with E-state index in [4.69, 9.17) is 4.74 Å². The number of likely N-dealkylation sites (tertiary alicyclic amines) is 2. The lowest BCUT2D eigenvalue weighted by molar-refractivity contribution is -0.139. The van der Waals surface area contributed by atoms with E-state index >= 15 is 0 Å². The van der Waals surface area contributed by atoms with Crippen LogP contribution in [0, 0.1) is 5.92 Å². The molecule has 2 saturated heterocycles. The summed E-state index contributed by atoms with van der Waals surface area (Å²) < 4.78 is 5.94. The number of nitrogens with zero attached hydrogens (tertiary/aromatic N) is 2. The van der Waals surface area contributed by atoms with E-state index in [2.05, 4.69) is 6.92 Å². The zero-order valence-electron chi connectivity index (χ0n) is 17.6. The van der Waals surface area contributed by atoms with E-state index in [0.717, 1.165) is 58.1 Å². The van der Waals surface area contributed by atoms with Gasteiger partial charge in [-0.2, -0.15) is 0 Å². The molecular weight excluding hydrogens is 364 g/mol. The molecule has 4 atom stereocenters. The Balaban J connectivity index is 1.53. The highest BCUT2D eigenvalue weighted by Gasteiger charge is 2.48. The number of piperidine rings is 1. The van der Waals surface area contributed by atoms with Crippen LogP contribution in [0.1, 0.15) is 68.6 Å². The first kappa shape index (κ1) is 20.4. The predicted octanol–water partition coefficient (Wildman–Crippen LogP) is 3.88. The Bertz CT molecular complexity index is 707. The fourth-order valence-corrected chi connectivity index (χ4v) is 5.47. The molecule has 1 aromatic rings. The largest absolute Gasteiger partial charge is 0.376 e. The Hall–Kier alpha value is -1.88. The third-order valence-electron chi connectivity index (χ3n) is 6.88. The summed E-state index contributed by atoms with van der Waals surface area (Å²) in [5, 5.41) is 0. The Morgan fingerprint density at radius 3 is 2.66 bits per heavy atom. The SMILES string of the molecule is CCCOC1CCCN(C(=O)C2CC3CCCCC3N2C(=O)c2ccccc2)C1. The number of amides is 2. The number of hydrogen-bond donors (Lipinski definition) is 0. The van der Waals surface area contributed by atoms with E-state index in [1.54, 1.807) is 0 Å². The van der Waals surface area contributed by atoms with E-state index in [9.17, 15) is 9.59 Å². The van der Waals surface area contributed by atoms with Crippen LogP contribution in [0.4, 0.5) is 0 Å². The molecule has 0 N–H and O–H groups in total. The number of carbonyl (C=O) groups excluding carboxylic acids is 2. The smallest absolute Gasteiger partial charge is 0.254 e. The second-order valence-electron chi connectivity index (χ2n) is 8.86. The van der Waals surface area contributed by atoms with Gasteiger partial charge in [-0.3, -0.25) is 9.59 Å². The standard InChI is InChI=1S/C24H34N2O3/c1-2-15-29-20-12-8-14-25(17-20)24(28)22-16-19-11-6-7-13-21(19)26(22)23(27)18-9-4-3-5-10-18/h3-5,9-10,19-22H,2,6-8,11-17H2,1H3. The monoisotopic (exact) mass is 398 g/mol. The van der Waals surface area contributed by atoms with Gasteiger partial charge in [0.25, 0.3) is 5.91 Å². The maximum absolute atomic E-state index is 13.6. The molecule has 1 aliphatic carbocycles. The minimum atomic E-state index is -0.319. The molecular formula is C24H34N2O3. The van der Waals surface area contributed by atoms with Crippen molar-refractivity contribution in [2.75, 3.05) is 19.7 Å². The predicted molar refractivity (Wildman–Crippen MR) is 113 cm³/mol. The second-order valence-corrected chi connectivity index (χ2v) is 8.86. The normalized spacial score (nSPS) is 29.6. The lowest BCUT2D eigenvalue weighted by atomic mass is 9.84. The van der Waals surface area contributed by atoms with Crippen LogP contribution in [0.3, 0.4) is 0 Å². The molecule has 0 aromatic heterocycles. The molecule has 4 rings (SSSR count). The molecule has 5 nitrogen and oxygen atoms in total. The van der Waals surface area contributed by atoms with Crippen molar-refractivity contribution in [2.45, 2.75) is 76.5 Å². The molecule has 2 amide bonds. The highest BCUT2D eigenvalue weighted by atomic mass is 16.5. The second kappa shape index (κ2) is 9.29. The van der Waals surface area contributed by atoms with Crippen molar-refractivity contribution in [3.8, 4) is 0 Å². The van der Waals surface area contributed by atoms with Crippen LogP contribution < -0.4 is 0 Å². The average molecular weight is 399 g/mol. The Morgan fingerprint density at radius 1 is 1.07 bits per heavy atom. The summed E-state index contributed by atoms with van der Waals surface area (Å²) in [5.74, 6) is 0.616. The van der Waals surface area contributed by atoms with E-state index in [-0.39, 0.29) is 30.0 Å². The zero-order chi connectivity index (χ0) is 20.2. The van der Waals surface area contributed by atoms with Gasteiger partial charge in [0.15, 0.2) is 0 Å². The van der Waals surface area contributed by atoms with Crippen LogP contribution in [0.25, 0.3) is 0 Å². The molecule has 1 saturated carbocycles. The van der Waals surface area contributed by atoms with Crippen LogP contribution in [-0.4, -0.2) is 59.5 Å². The van der Waals surface area contributed by atoms with Crippen LogP contribution in [0.2, 0.25) is 0 Å². The first-order valence-electron chi connectivity index (χ1n) is 11.5. The van der Waals surface area contributed by atoms with Gasteiger partial charge in [0.1, 0.15) is 6.04 Å².